The number of anilines is 1. The van der Waals surface area contributed by atoms with Gasteiger partial charge in [-0.15, -0.1) is 11.6 Å². The molecular weight excluding hydrogens is 517 g/mol. The lowest BCUT2D eigenvalue weighted by Gasteiger charge is -2.21. The molecule has 1 amide bonds. The molecule has 1 aliphatic heterocycles. The van der Waals surface area contributed by atoms with Gasteiger partial charge < -0.3 is 20.4 Å². The predicted octanol–water partition coefficient (Wildman–Crippen LogP) is 1.50. The summed E-state index contributed by atoms with van der Waals surface area (Å²) in [6.45, 7) is -0.0563. The number of fused-ring (bicyclic) bond motifs is 1. The highest BCUT2D eigenvalue weighted by molar-refractivity contribution is 6.18. The quantitative estimate of drug-likeness (QED) is 0.336. The highest BCUT2D eigenvalue weighted by atomic mass is 35.5. The molecule has 0 aliphatic carbocycles. The molecule has 3 N–H and O–H groups in total. The van der Waals surface area contributed by atoms with Gasteiger partial charge in [0.15, 0.2) is 17.3 Å². The molecule has 0 spiro atoms. The van der Waals surface area contributed by atoms with Crippen molar-refractivity contribution in [3.63, 3.8) is 0 Å². The summed E-state index contributed by atoms with van der Waals surface area (Å²) in [7, 11) is 0. The van der Waals surface area contributed by atoms with Crippen LogP contribution in [0.4, 0.5) is 27.8 Å². The molecule has 36 heavy (non-hydrogen) atoms. The lowest BCUT2D eigenvalue weighted by Crippen LogP contribution is -2.47. The zero-order valence-electron chi connectivity index (χ0n) is 18.0. The van der Waals surface area contributed by atoms with Crippen LogP contribution in [0.3, 0.4) is 0 Å². The van der Waals surface area contributed by atoms with Crippen LogP contribution in [-0.2, 0) is 0 Å². The fourth-order valence-corrected chi connectivity index (χ4v) is 3.99. The van der Waals surface area contributed by atoms with Gasteiger partial charge in [-0.3, -0.25) is 19.1 Å². The Morgan fingerprint density at radius 1 is 1.17 bits per heavy atom. The number of carbonyl (C=O) groups excluding carboxylic acids is 1. The Hall–Kier alpha value is -3.36. The van der Waals surface area contributed by atoms with Gasteiger partial charge in [0.1, 0.15) is 23.1 Å². The van der Waals surface area contributed by atoms with Crippen LogP contribution < -0.4 is 15.6 Å². The summed E-state index contributed by atoms with van der Waals surface area (Å²) >= 11 is 5.31. The summed E-state index contributed by atoms with van der Waals surface area (Å²) < 4.78 is 69.3. The van der Waals surface area contributed by atoms with Gasteiger partial charge in [-0.05, 0) is 12.1 Å². The molecule has 0 unspecified atom stereocenters. The molecule has 9 nitrogen and oxygen atoms in total. The smallest absolute Gasteiger partial charge is 0.389 e. The van der Waals surface area contributed by atoms with Gasteiger partial charge in [0, 0.05) is 19.3 Å². The van der Waals surface area contributed by atoms with Crippen LogP contribution in [0.1, 0.15) is 10.4 Å². The topological polar surface area (TPSA) is 121 Å². The van der Waals surface area contributed by atoms with Crippen LogP contribution in [0.5, 0.6) is 0 Å². The Balaban J connectivity index is 1.92. The number of halogens is 6. The SMILES string of the molecule is O=C(N[C@@H](CCl)C(F)(F)F)c1cn(-c2c(F)cncc2F)c2nc(N3C[C@@H](O)[C@H](O)C3)ccc2c1=O. The molecule has 0 radical (unpaired) electrons. The van der Waals surface area contributed by atoms with Crippen molar-refractivity contribution < 1.29 is 37.0 Å². The molecule has 0 aromatic carbocycles. The first-order chi connectivity index (χ1) is 16.9. The van der Waals surface area contributed by atoms with E-state index in [4.69, 9.17) is 11.6 Å². The number of rotatable bonds is 5. The summed E-state index contributed by atoms with van der Waals surface area (Å²) in [6.07, 6.45) is -5.10. The van der Waals surface area contributed by atoms with Crippen LogP contribution >= 0.6 is 11.6 Å². The standard InChI is InChI=1S/C21H17ClF5N5O4/c22-3-15(21(25,26)27)29-20(36)10-6-32(17-11(23)4-28-5-12(17)24)19-9(18(10)35)1-2-16(30-19)31-7-13(33)14(34)8-31/h1-2,4-6,13-15,33-34H,3,7-8H2,(H,29,36)/t13-,14-,15+/m1/s1. The van der Waals surface area contributed by atoms with E-state index in [-0.39, 0.29) is 29.9 Å². The molecule has 1 saturated heterocycles. The minimum absolute atomic E-state index is 0.0281. The number of hydrogen-bond donors (Lipinski definition) is 3. The van der Waals surface area contributed by atoms with E-state index in [1.54, 1.807) is 5.32 Å². The maximum atomic E-state index is 14.6. The van der Waals surface area contributed by atoms with Gasteiger partial charge in [-0.25, -0.2) is 13.8 Å². The van der Waals surface area contributed by atoms with Gasteiger partial charge in [-0.1, -0.05) is 0 Å². The molecule has 3 atom stereocenters. The molecule has 192 valence electrons. The van der Waals surface area contributed by atoms with Crippen LogP contribution in [-0.4, -0.2) is 74.1 Å². The number of aromatic nitrogens is 3. The Labute approximate surface area is 203 Å². The highest BCUT2D eigenvalue weighted by Crippen LogP contribution is 2.26. The van der Waals surface area contributed by atoms with E-state index >= 15 is 0 Å². The van der Waals surface area contributed by atoms with E-state index in [0.29, 0.717) is 23.2 Å². The van der Waals surface area contributed by atoms with E-state index in [1.807, 2.05) is 0 Å². The fraction of sp³-hybridized carbons (Fsp3) is 0.333. The van der Waals surface area contributed by atoms with E-state index in [2.05, 4.69) is 9.97 Å². The van der Waals surface area contributed by atoms with Crippen LogP contribution in [0.25, 0.3) is 16.7 Å². The molecule has 3 aromatic rings. The first-order valence-electron chi connectivity index (χ1n) is 10.3. The van der Waals surface area contributed by atoms with E-state index in [9.17, 15) is 41.8 Å². The van der Waals surface area contributed by atoms with Gasteiger partial charge in [0.2, 0.25) is 5.43 Å². The lowest BCUT2D eigenvalue weighted by atomic mass is 10.1. The largest absolute Gasteiger partial charge is 0.409 e. The predicted molar refractivity (Wildman–Crippen MR) is 117 cm³/mol. The number of aliphatic hydroxyl groups is 2. The number of alkyl halides is 4. The average Bonchev–Trinajstić information content (AvgIpc) is 3.15. The van der Waals surface area contributed by atoms with Crippen LogP contribution in [0.2, 0.25) is 0 Å². The molecular formula is C21H17ClF5N5O4. The zero-order valence-corrected chi connectivity index (χ0v) is 18.8. The molecule has 1 aliphatic rings. The third-order valence-corrected chi connectivity index (χ3v) is 5.90. The monoisotopic (exact) mass is 533 g/mol. The van der Waals surface area contributed by atoms with Crippen molar-refractivity contribution in [3.05, 3.63) is 58.1 Å². The maximum Gasteiger partial charge on any atom is 0.409 e. The summed E-state index contributed by atoms with van der Waals surface area (Å²) in [5.41, 5.74) is -3.03. The van der Waals surface area contributed by atoms with Crippen LogP contribution in [0.15, 0.2) is 35.5 Å². The van der Waals surface area contributed by atoms with Crippen molar-refractivity contribution in [2.75, 3.05) is 23.9 Å². The molecule has 3 aromatic heterocycles. The third-order valence-electron chi connectivity index (χ3n) is 5.59. The number of pyridine rings is 3. The Bertz CT molecular complexity index is 1360. The molecule has 0 bridgehead atoms. The summed E-state index contributed by atoms with van der Waals surface area (Å²) in [6, 6.07) is -0.0144. The fourth-order valence-electron chi connectivity index (χ4n) is 3.74. The number of carbonyl (C=O) groups is 1. The van der Waals surface area contributed by atoms with Crippen molar-refractivity contribution in [3.8, 4) is 5.69 Å². The van der Waals surface area contributed by atoms with Crippen molar-refractivity contribution in [1.29, 1.82) is 0 Å². The number of amides is 1. The average molecular weight is 534 g/mol. The van der Waals surface area contributed by atoms with Crippen LogP contribution in [0, 0.1) is 11.6 Å². The van der Waals surface area contributed by atoms with Gasteiger partial charge >= 0.3 is 6.18 Å². The lowest BCUT2D eigenvalue weighted by molar-refractivity contribution is -0.148. The number of β-amino-alcohol motifs (C(OH)–C–C–N with tert-alkyl or cyclic N) is 2. The van der Waals surface area contributed by atoms with Gasteiger partial charge in [0.25, 0.3) is 5.91 Å². The first kappa shape index (κ1) is 25.7. The summed E-state index contributed by atoms with van der Waals surface area (Å²) in [5, 5.41) is 20.9. The normalized spacial score (nSPS) is 19.1. The van der Waals surface area contributed by atoms with E-state index in [0.717, 1.165) is 0 Å². The van der Waals surface area contributed by atoms with Crippen molar-refractivity contribution in [1.82, 2.24) is 19.9 Å². The summed E-state index contributed by atoms with van der Waals surface area (Å²) in [4.78, 5) is 34.8. The van der Waals surface area contributed by atoms with Crippen molar-refractivity contribution >= 4 is 34.4 Å². The third kappa shape index (κ3) is 4.70. The van der Waals surface area contributed by atoms with E-state index in [1.165, 1.54) is 17.0 Å². The van der Waals surface area contributed by atoms with Crippen molar-refractivity contribution in [2.45, 2.75) is 24.4 Å². The minimum atomic E-state index is -4.92. The Morgan fingerprint density at radius 3 is 2.33 bits per heavy atom. The second-order valence-corrected chi connectivity index (χ2v) is 8.30. The molecule has 0 saturated carbocycles. The number of nitrogens with one attached hydrogen (secondary N) is 1. The number of hydrogen-bond acceptors (Lipinski definition) is 7. The Kier molecular flexibility index (Phi) is 6.86. The van der Waals surface area contributed by atoms with Gasteiger partial charge in [0.05, 0.1) is 35.9 Å². The van der Waals surface area contributed by atoms with Crippen molar-refractivity contribution in [2.24, 2.45) is 0 Å². The second-order valence-electron chi connectivity index (χ2n) is 8.00. The molecule has 15 heteroatoms. The Morgan fingerprint density at radius 2 is 1.78 bits per heavy atom. The molecule has 4 rings (SSSR count). The highest BCUT2D eigenvalue weighted by Gasteiger charge is 2.40. The number of aliphatic hydroxyl groups excluding tert-OH is 2. The maximum absolute atomic E-state index is 14.6. The second kappa shape index (κ2) is 9.59. The zero-order chi connectivity index (χ0) is 26.4. The molecule has 1 fully saturated rings. The molecule has 4 heterocycles. The van der Waals surface area contributed by atoms with E-state index < -0.39 is 64.5 Å². The van der Waals surface area contributed by atoms with Gasteiger partial charge in [-0.2, -0.15) is 13.2 Å². The summed E-state index contributed by atoms with van der Waals surface area (Å²) in [5.74, 6) is -4.80. The number of nitrogens with zero attached hydrogens (tertiary/aromatic N) is 4. The minimum Gasteiger partial charge on any atom is -0.389 e. The first-order valence-corrected chi connectivity index (χ1v) is 10.9.